The van der Waals surface area contributed by atoms with Crippen LogP contribution in [0.5, 0.6) is 0 Å². The second-order valence-corrected chi connectivity index (χ2v) is 28.3. The molecule has 8 nitrogen and oxygen atoms in total. The Bertz CT molecular complexity index is 2110. The van der Waals surface area contributed by atoms with Gasteiger partial charge in [0, 0.05) is 16.9 Å². The molecule has 336 valence electrons. The molecule has 4 unspecified atom stereocenters. The minimum absolute atomic E-state index is 0.0260. The molecule has 0 aromatic heterocycles. The van der Waals surface area contributed by atoms with Crippen LogP contribution >= 0.6 is 11.6 Å². The first-order valence-electron chi connectivity index (χ1n) is 22.3. The maximum absolute atomic E-state index is 11.6. The fourth-order valence-electron chi connectivity index (χ4n) is 9.83. The zero-order valence-corrected chi connectivity index (χ0v) is 40.6. The van der Waals surface area contributed by atoms with Crippen LogP contribution in [0.3, 0.4) is 0 Å². The van der Waals surface area contributed by atoms with Gasteiger partial charge in [0.15, 0.2) is 6.29 Å². The zero-order chi connectivity index (χ0) is 45.2. The summed E-state index contributed by atoms with van der Waals surface area (Å²) < 4.78 is 32.7. The molecule has 3 aliphatic heterocycles. The van der Waals surface area contributed by atoms with E-state index in [0.717, 1.165) is 15.9 Å². The first-order valence-corrected chi connectivity index (χ1v) is 26.5. The molecular weight excluding hydrogens is 844 g/mol. The van der Waals surface area contributed by atoms with Crippen molar-refractivity contribution in [3.63, 3.8) is 0 Å². The number of fused-ring (bicyclic) bond motifs is 2. The van der Waals surface area contributed by atoms with Crippen LogP contribution in [0.25, 0.3) is 0 Å². The van der Waals surface area contributed by atoms with Crippen molar-refractivity contribution in [2.24, 2.45) is 11.8 Å². The van der Waals surface area contributed by atoms with E-state index >= 15 is 0 Å². The number of hydrogen-bond acceptors (Lipinski definition) is 8. The van der Waals surface area contributed by atoms with Gasteiger partial charge in [-0.1, -0.05) is 200 Å². The molecule has 63 heavy (non-hydrogen) atoms. The van der Waals surface area contributed by atoms with Crippen LogP contribution in [-0.2, 0) is 23.1 Å². The molecule has 3 fully saturated rings. The molecule has 10 atom stereocenters. The molecule has 11 heteroatoms. The van der Waals surface area contributed by atoms with Gasteiger partial charge in [0.05, 0.1) is 37.6 Å². The molecule has 3 N–H and O–H groups in total. The lowest BCUT2D eigenvalue weighted by Gasteiger charge is -2.50. The van der Waals surface area contributed by atoms with E-state index in [1.807, 2.05) is 86.6 Å². The van der Waals surface area contributed by atoms with Crippen LogP contribution in [0.4, 0.5) is 0 Å². The van der Waals surface area contributed by atoms with Crippen molar-refractivity contribution in [3.8, 4) is 0 Å². The van der Waals surface area contributed by atoms with E-state index in [0.29, 0.717) is 11.6 Å². The second kappa shape index (κ2) is 19.5. The van der Waals surface area contributed by atoms with Gasteiger partial charge < -0.3 is 38.4 Å². The van der Waals surface area contributed by atoms with Gasteiger partial charge in [-0.05, 0) is 48.5 Å². The van der Waals surface area contributed by atoms with Crippen molar-refractivity contribution in [2.75, 3.05) is 13.2 Å². The summed E-state index contributed by atoms with van der Waals surface area (Å²) in [4.78, 5) is 0. The van der Waals surface area contributed by atoms with Gasteiger partial charge in [-0.3, -0.25) is 0 Å². The number of aliphatic hydroxyl groups is 3. The Morgan fingerprint density at radius 3 is 1.37 bits per heavy atom. The van der Waals surface area contributed by atoms with Gasteiger partial charge >= 0.3 is 0 Å². The summed E-state index contributed by atoms with van der Waals surface area (Å²) in [6.45, 7) is 17.6. The minimum atomic E-state index is -2.95. The molecule has 0 saturated carbocycles. The molecule has 3 aliphatic rings. The third-order valence-corrected chi connectivity index (χ3v) is 23.7. The van der Waals surface area contributed by atoms with Crippen LogP contribution in [0.2, 0.25) is 15.1 Å². The Morgan fingerprint density at radius 1 is 0.571 bits per heavy atom. The Labute approximate surface area is 381 Å². The maximum Gasteiger partial charge on any atom is 0.261 e. The predicted molar refractivity (Wildman–Crippen MR) is 256 cm³/mol. The second-order valence-electron chi connectivity index (χ2n) is 19.4. The lowest BCUT2D eigenvalue weighted by Crippen LogP contribution is -2.70. The lowest BCUT2D eigenvalue weighted by molar-refractivity contribution is -0.204. The summed E-state index contributed by atoms with van der Waals surface area (Å²) in [6, 6.07) is 49.1. The van der Waals surface area contributed by atoms with Gasteiger partial charge in [0.2, 0.25) is 0 Å². The number of halogens is 1. The number of ether oxygens (including phenoxy) is 3. The van der Waals surface area contributed by atoms with Crippen LogP contribution in [0.15, 0.2) is 146 Å². The van der Waals surface area contributed by atoms with Crippen LogP contribution < -0.4 is 20.7 Å². The molecule has 5 aromatic rings. The van der Waals surface area contributed by atoms with Gasteiger partial charge in [0.1, 0.15) is 18.3 Å². The quantitative estimate of drug-likeness (QED) is 0.125. The van der Waals surface area contributed by atoms with E-state index in [9.17, 15) is 15.3 Å². The summed E-state index contributed by atoms with van der Waals surface area (Å²) >= 11 is 6.17. The summed E-state index contributed by atoms with van der Waals surface area (Å²) in [6.07, 6.45) is -4.23. The number of benzene rings is 5. The first kappa shape index (κ1) is 47.5. The SMILES string of the molecule is CC1[C@H](O)C(O[Si](c2ccccc2)(c2ccccc2)C(C)(C)C)[C@@H]2OC[C@H]1O2.CC1[C@H](O)C(O[Si](c2ccccc2)(c2ccccc2)C(C)(C)C)[C@H](c2ccc(Cl)cc2)O[C@@H]1CO. The number of hydrogen-bond donors (Lipinski definition) is 3. The average Bonchev–Trinajstić information content (AvgIpc) is 3.74. The maximum atomic E-state index is 11.6. The fraction of sp³-hybridized carbons (Fsp3) is 0.423. The minimum Gasteiger partial charge on any atom is -0.399 e. The molecule has 0 aliphatic carbocycles. The zero-order valence-electron chi connectivity index (χ0n) is 37.8. The molecular formula is C52H65ClO8Si2. The molecule has 2 bridgehead atoms. The topological polar surface area (TPSA) is 107 Å². The summed E-state index contributed by atoms with van der Waals surface area (Å²) in [5.74, 6) is -0.325. The molecule has 0 radical (unpaired) electrons. The van der Waals surface area contributed by atoms with Gasteiger partial charge in [-0.2, -0.15) is 0 Å². The third kappa shape index (κ3) is 9.33. The van der Waals surface area contributed by atoms with E-state index in [2.05, 4.69) is 114 Å². The molecule has 5 aromatic carbocycles. The normalized spacial score (nSPS) is 27.6. The smallest absolute Gasteiger partial charge is 0.261 e. The Morgan fingerprint density at radius 2 is 0.968 bits per heavy atom. The number of rotatable bonds is 10. The highest BCUT2D eigenvalue weighted by atomic mass is 35.5. The van der Waals surface area contributed by atoms with Crippen molar-refractivity contribution < 1.29 is 38.4 Å². The monoisotopic (exact) mass is 908 g/mol. The van der Waals surface area contributed by atoms with Crippen molar-refractivity contribution in [1.29, 1.82) is 0 Å². The van der Waals surface area contributed by atoms with Crippen LogP contribution in [0.1, 0.15) is 67.1 Å². The Balaban J connectivity index is 0.000000193. The highest BCUT2D eigenvalue weighted by Crippen LogP contribution is 2.45. The number of aliphatic hydroxyl groups excluding tert-OH is 3. The van der Waals surface area contributed by atoms with E-state index in [1.165, 1.54) is 10.4 Å². The van der Waals surface area contributed by atoms with Crippen molar-refractivity contribution >= 4 is 49.0 Å². The average molecular weight is 910 g/mol. The predicted octanol–water partition coefficient (Wildman–Crippen LogP) is 7.40. The van der Waals surface area contributed by atoms with Crippen LogP contribution in [0, 0.1) is 11.8 Å². The molecule has 3 heterocycles. The molecule has 0 spiro atoms. The van der Waals surface area contributed by atoms with Crippen LogP contribution in [-0.4, -0.2) is 88.1 Å². The lowest BCUT2D eigenvalue weighted by atomic mass is 9.86. The van der Waals surface area contributed by atoms with Crippen molar-refractivity contribution in [1.82, 2.24) is 0 Å². The van der Waals surface area contributed by atoms with E-state index in [4.69, 9.17) is 34.7 Å². The molecule has 3 saturated heterocycles. The van der Waals surface area contributed by atoms with Crippen molar-refractivity contribution in [2.45, 2.75) is 114 Å². The summed E-state index contributed by atoms with van der Waals surface area (Å²) in [7, 11) is -5.72. The Kier molecular flexibility index (Phi) is 14.7. The third-order valence-electron chi connectivity index (χ3n) is 13.4. The standard InChI is InChI=1S/C29H35ClO4Si.C23H30O4Si/c1-20-25(19-31)33-27(21-15-17-22(30)18-16-21)28(26(20)32)34-35(29(2,3)4,23-11-7-5-8-12-23)24-13-9-6-10-14-24;1-16-19-15-25-22(26-19)21(20(16)24)27-28(23(2,3)4,17-11-7-5-8-12-17)18-13-9-6-10-14-18/h5-18,20,25-28,31-32H,19H2,1-4H3;5-14,16,19-22,24H,15H2,1-4H3/t20?,25-,26+,27+,28?;16?,19-,20+,21?,22-/m11/s1. The van der Waals surface area contributed by atoms with E-state index in [1.54, 1.807) is 0 Å². The Hall–Kier alpha value is -3.50. The summed E-state index contributed by atoms with van der Waals surface area (Å²) in [5.41, 5.74) is 0.863. The van der Waals surface area contributed by atoms with E-state index < -0.39 is 59.5 Å². The summed E-state index contributed by atoms with van der Waals surface area (Å²) in [5, 5.41) is 37.6. The van der Waals surface area contributed by atoms with Gasteiger partial charge in [0.25, 0.3) is 16.6 Å². The van der Waals surface area contributed by atoms with Crippen molar-refractivity contribution in [3.05, 3.63) is 156 Å². The fourth-order valence-corrected chi connectivity index (χ4v) is 19.3. The molecule has 0 amide bonds. The van der Waals surface area contributed by atoms with E-state index in [-0.39, 0.29) is 34.6 Å². The largest absolute Gasteiger partial charge is 0.399 e. The highest BCUT2D eigenvalue weighted by Gasteiger charge is 2.58. The molecule has 8 rings (SSSR count). The van der Waals surface area contributed by atoms with Gasteiger partial charge in [-0.15, -0.1) is 0 Å². The highest BCUT2D eigenvalue weighted by molar-refractivity contribution is 7.00. The first-order chi connectivity index (χ1) is 30.0. The van der Waals surface area contributed by atoms with Gasteiger partial charge in [-0.25, -0.2) is 0 Å².